The molecule has 1 amide bonds. The molecule has 1 unspecified atom stereocenters. The Bertz CT molecular complexity index is 167. The van der Waals surface area contributed by atoms with Crippen LogP contribution >= 0.6 is 0 Å². The summed E-state index contributed by atoms with van der Waals surface area (Å²) in [6.07, 6.45) is 2.88. The van der Waals surface area contributed by atoms with Crippen molar-refractivity contribution in [1.29, 1.82) is 0 Å². The second-order valence-corrected chi connectivity index (χ2v) is 3.60. The zero-order valence-electron chi connectivity index (χ0n) is 8.05. The highest BCUT2D eigenvalue weighted by Gasteiger charge is 2.36. The number of hydrogen-bond acceptors (Lipinski definition) is 3. The quantitative estimate of drug-likeness (QED) is 0.525. The molecular weight excluding hydrogens is 168 g/mol. The Hall–Kier alpha value is -0.610. The third kappa shape index (κ3) is 2.42. The van der Waals surface area contributed by atoms with Gasteiger partial charge in [-0.1, -0.05) is 6.92 Å². The Morgan fingerprint density at radius 2 is 2.23 bits per heavy atom. The van der Waals surface area contributed by atoms with Gasteiger partial charge in [-0.2, -0.15) is 0 Å². The van der Waals surface area contributed by atoms with Crippen molar-refractivity contribution in [3.8, 4) is 0 Å². The first kappa shape index (κ1) is 10.5. The van der Waals surface area contributed by atoms with Crippen molar-refractivity contribution in [2.24, 2.45) is 0 Å². The maximum absolute atomic E-state index is 10.3. The molecule has 1 rings (SSSR count). The van der Waals surface area contributed by atoms with E-state index in [0.717, 1.165) is 19.5 Å². The lowest BCUT2D eigenvalue weighted by Crippen LogP contribution is -2.55. The topological polar surface area (TPSA) is 61.4 Å². The second-order valence-electron chi connectivity index (χ2n) is 3.60. The van der Waals surface area contributed by atoms with Gasteiger partial charge in [0.2, 0.25) is 6.41 Å². The molecule has 1 heterocycles. The van der Waals surface area contributed by atoms with E-state index >= 15 is 0 Å². The molecule has 1 aliphatic rings. The number of nitrogens with one attached hydrogen (secondary N) is 2. The van der Waals surface area contributed by atoms with Crippen LogP contribution in [-0.4, -0.2) is 36.2 Å². The van der Waals surface area contributed by atoms with Crippen molar-refractivity contribution < 1.29 is 9.90 Å². The van der Waals surface area contributed by atoms with Crippen molar-refractivity contribution in [2.45, 2.75) is 37.8 Å². The first-order chi connectivity index (χ1) is 6.23. The molecule has 0 bridgehead atoms. The van der Waals surface area contributed by atoms with Crippen LogP contribution in [0.4, 0.5) is 0 Å². The van der Waals surface area contributed by atoms with Gasteiger partial charge in [-0.05, 0) is 32.4 Å². The smallest absolute Gasteiger partial charge is 0.207 e. The van der Waals surface area contributed by atoms with Crippen molar-refractivity contribution in [2.75, 3.05) is 13.1 Å². The normalized spacial score (nSPS) is 23.5. The minimum atomic E-state index is -0.707. The van der Waals surface area contributed by atoms with Gasteiger partial charge in [0.05, 0.1) is 11.6 Å². The Morgan fingerprint density at radius 3 is 2.69 bits per heavy atom. The van der Waals surface area contributed by atoms with E-state index in [1.807, 2.05) is 6.92 Å². The largest absolute Gasteiger partial charge is 0.388 e. The van der Waals surface area contributed by atoms with Crippen LogP contribution in [0.15, 0.2) is 0 Å². The van der Waals surface area contributed by atoms with Gasteiger partial charge in [0.1, 0.15) is 0 Å². The van der Waals surface area contributed by atoms with Crippen molar-refractivity contribution in [3.63, 3.8) is 0 Å². The molecule has 76 valence electrons. The van der Waals surface area contributed by atoms with Crippen LogP contribution in [0.5, 0.6) is 0 Å². The van der Waals surface area contributed by atoms with Gasteiger partial charge in [-0.15, -0.1) is 0 Å². The van der Waals surface area contributed by atoms with E-state index in [-0.39, 0.29) is 6.04 Å². The van der Waals surface area contributed by atoms with Crippen LogP contribution < -0.4 is 10.6 Å². The van der Waals surface area contributed by atoms with E-state index in [1.54, 1.807) is 0 Å². The molecule has 0 aliphatic carbocycles. The minimum Gasteiger partial charge on any atom is -0.388 e. The first-order valence-corrected chi connectivity index (χ1v) is 4.85. The van der Waals surface area contributed by atoms with Crippen LogP contribution in [0.3, 0.4) is 0 Å². The van der Waals surface area contributed by atoms with E-state index in [1.165, 1.54) is 0 Å². The number of aliphatic hydroxyl groups is 1. The molecule has 13 heavy (non-hydrogen) atoms. The number of rotatable bonds is 4. The Kier molecular flexibility index (Phi) is 3.69. The molecule has 1 saturated heterocycles. The molecule has 0 spiro atoms. The number of carbonyl (C=O) groups is 1. The number of piperidine rings is 1. The molecular formula is C9H18N2O2. The van der Waals surface area contributed by atoms with Gasteiger partial charge in [0.25, 0.3) is 0 Å². The molecule has 0 saturated carbocycles. The van der Waals surface area contributed by atoms with E-state index in [0.29, 0.717) is 19.3 Å². The number of hydrogen-bond donors (Lipinski definition) is 3. The molecule has 0 aromatic rings. The van der Waals surface area contributed by atoms with Crippen LogP contribution in [0.1, 0.15) is 26.2 Å². The number of carbonyl (C=O) groups excluding carboxylic acids is 1. The highest BCUT2D eigenvalue weighted by atomic mass is 16.3. The molecule has 3 N–H and O–H groups in total. The highest BCUT2D eigenvalue weighted by molar-refractivity contribution is 5.47. The van der Waals surface area contributed by atoms with E-state index in [9.17, 15) is 9.90 Å². The molecule has 1 aliphatic heterocycles. The summed E-state index contributed by atoms with van der Waals surface area (Å²) in [5.74, 6) is 0. The lowest BCUT2D eigenvalue weighted by atomic mass is 9.84. The van der Waals surface area contributed by atoms with Gasteiger partial charge in [-0.25, -0.2) is 0 Å². The van der Waals surface area contributed by atoms with Gasteiger partial charge < -0.3 is 15.7 Å². The zero-order chi connectivity index (χ0) is 9.73. The lowest BCUT2D eigenvalue weighted by molar-refractivity contribution is -0.113. The van der Waals surface area contributed by atoms with Gasteiger partial charge in [0.15, 0.2) is 0 Å². The van der Waals surface area contributed by atoms with Crippen molar-refractivity contribution in [3.05, 3.63) is 0 Å². The maximum Gasteiger partial charge on any atom is 0.207 e. The standard InChI is InChI=1S/C9H18N2O2/c1-2-8(11-7-12)9(13)3-5-10-6-4-9/h7-8,10,13H,2-6H2,1H3,(H,11,12). The second kappa shape index (κ2) is 4.58. The summed E-state index contributed by atoms with van der Waals surface area (Å²) in [7, 11) is 0. The third-order valence-electron chi connectivity index (χ3n) is 2.80. The zero-order valence-corrected chi connectivity index (χ0v) is 8.05. The highest BCUT2D eigenvalue weighted by Crippen LogP contribution is 2.23. The third-order valence-corrected chi connectivity index (χ3v) is 2.80. The van der Waals surface area contributed by atoms with Crippen molar-refractivity contribution in [1.82, 2.24) is 10.6 Å². The molecule has 0 radical (unpaired) electrons. The molecule has 0 aromatic carbocycles. The fourth-order valence-electron chi connectivity index (χ4n) is 1.94. The molecule has 1 atom stereocenters. The van der Waals surface area contributed by atoms with Crippen LogP contribution in [0, 0.1) is 0 Å². The molecule has 4 nitrogen and oxygen atoms in total. The summed E-state index contributed by atoms with van der Waals surface area (Å²) in [6.45, 7) is 3.63. The predicted octanol–water partition coefficient (Wildman–Crippen LogP) is -0.374. The lowest BCUT2D eigenvalue weighted by Gasteiger charge is -2.38. The summed E-state index contributed by atoms with van der Waals surface area (Å²) in [4.78, 5) is 10.3. The summed E-state index contributed by atoms with van der Waals surface area (Å²) < 4.78 is 0. The van der Waals surface area contributed by atoms with Crippen LogP contribution in [-0.2, 0) is 4.79 Å². The fraction of sp³-hybridized carbons (Fsp3) is 0.889. The Morgan fingerprint density at radius 1 is 1.62 bits per heavy atom. The average Bonchev–Trinajstić information content (AvgIpc) is 2.15. The van der Waals surface area contributed by atoms with Gasteiger partial charge in [-0.3, -0.25) is 4.79 Å². The van der Waals surface area contributed by atoms with Crippen LogP contribution in [0.25, 0.3) is 0 Å². The summed E-state index contributed by atoms with van der Waals surface area (Å²) in [6, 6.07) is -0.105. The molecule has 1 fully saturated rings. The van der Waals surface area contributed by atoms with E-state index < -0.39 is 5.60 Å². The van der Waals surface area contributed by atoms with E-state index in [4.69, 9.17) is 0 Å². The monoisotopic (exact) mass is 186 g/mol. The predicted molar refractivity (Wildman–Crippen MR) is 50.3 cm³/mol. The molecule has 0 aromatic heterocycles. The molecule has 4 heteroatoms. The van der Waals surface area contributed by atoms with Crippen molar-refractivity contribution >= 4 is 6.41 Å². The summed E-state index contributed by atoms with van der Waals surface area (Å²) in [5.41, 5.74) is -0.707. The first-order valence-electron chi connectivity index (χ1n) is 4.85. The Balaban J connectivity index is 2.57. The summed E-state index contributed by atoms with van der Waals surface area (Å²) in [5, 5.41) is 16.1. The summed E-state index contributed by atoms with van der Waals surface area (Å²) >= 11 is 0. The minimum absolute atomic E-state index is 0.105. The average molecular weight is 186 g/mol. The number of amides is 1. The van der Waals surface area contributed by atoms with Gasteiger partial charge in [0, 0.05) is 0 Å². The van der Waals surface area contributed by atoms with Crippen LogP contribution in [0.2, 0.25) is 0 Å². The fourth-order valence-corrected chi connectivity index (χ4v) is 1.94. The van der Waals surface area contributed by atoms with E-state index in [2.05, 4.69) is 10.6 Å². The SMILES string of the molecule is CCC(NC=O)C1(O)CCNCC1. The Labute approximate surface area is 78.7 Å². The van der Waals surface area contributed by atoms with Gasteiger partial charge >= 0.3 is 0 Å². The maximum atomic E-state index is 10.3.